The number of hydrogen-bond acceptors (Lipinski definition) is 5. The second-order valence-electron chi connectivity index (χ2n) is 4.01. The van der Waals surface area contributed by atoms with Crippen LogP contribution in [0.15, 0.2) is 24.7 Å². The van der Waals surface area contributed by atoms with Gasteiger partial charge in [0, 0.05) is 33.3 Å². The SMILES string of the molecule is CNc1ncccc1C(=O)NCCc1nncn1C. The van der Waals surface area contributed by atoms with Gasteiger partial charge in [-0.2, -0.15) is 0 Å². The average molecular weight is 260 g/mol. The number of carbonyl (C=O) groups is 1. The van der Waals surface area contributed by atoms with Crippen LogP contribution in [0.5, 0.6) is 0 Å². The second-order valence-corrected chi connectivity index (χ2v) is 4.01. The molecule has 2 aromatic heterocycles. The van der Waals surface area contributed by atoms with Gasteiger partial charge in [0.15, 0.2) is 0 Å². The molecule has 1 amide bonds. The van der Waals surface area contributed by atoms with Gasteiger partial charge in [-0.3, -0.25) is 4.79 Å². The fourth-order valence-electron chi connectivity index (χ4n) is 1.70. The minimum atomic E-state index is -0.153. The molecule has 2 rings (SSSR count). The van der Waals surface area contributed by atoms with Crippen LogP contribution in [0, 0.1) is 0 Å². The van der Waals surface area contributed by atoms with Crippen LogP contribution in [0.25, 0.3) is 0 Å². The fraction of sp³-hybridized carbons (Fsp3) is 0.333. The van der Waals surface area contributed by atoms with Crippen LogP contribution in [0.2, 0.25) is 0 Å². The molecule has 0 saturated carbocycles. The molecule has 7 nitrogen and oxygen atoms in total. The van der Waals surface area contributed by atoms with Crippen molar-refractivity contribution < 1.29 is 4.79 Å². The number of rotatable bonds is 5. The highest BCUT2D eigenvalue weighted by Gasteiger charge is 2.10. The molecule has 0 aliphatic carbocycles. The fourth-order valence-corrected chi connectivity index (χ4v) is 1.70. The van der Waals surface area contributed by atoms with Crippen molar-refractivity contribution in [2.24, 2.45) is 7.05 Å². The Labute approximate surface area is 111 Å². The molecule has 0 saturated heterocycles. The van der Waals surface area contributed by atoms with Gasteiger partial charge in [-0.25, -0.2) is 4.98 Å². The second kappa shape index (κ2) is 5.94. The zero-order chi connectivity index (χ0) is 13.7. The van der Waals surface area contributed by atoms with Crippen molar-refractivity contribution in [1.82, 2.24) is 25.1 Å². The quantitative estimate of drug-likeness (QED) is 0.803. The van der Waals surface area contributed by atoms with E-state index in [1.54, 1.807) is 31.7 Å². The Balaban J connectivity index is 1.93. The molecule has 2 heterocycles. The number of aromatic nitrogens is 4. The Morgan fingerprint density at radius 2 is 2.32 bits per heavy atom. The third kappa shape index (κ3) is 3.06. The van der Waals surface area contributed by atoms with Crippen LogP contribution in [-0.2, 0) is 13.5 Å². The zero-order valence-electron chi connectivity index (χ0n) is 10.9. The van der Waals surface area contributed by atoms with Crippen molar-refractivity contribution in [2.45, 2.75) is 6.42 Å². The third-order valence-corrected chi connectivity index (χ3v) is 2.73. The monoisotopic (exact) mass is 260 g/mol. The summed E-state index contributed by atoms with van der Waals surface area (Å²) >= 11 is 0. The Morgan fingerprint density at radius 1 is 1.47 bits per heavy atom. The molecule has 0 fully saturated rings. The summed E-state index contributed by atoms with van der Waals surface area (Å²) < 4.78 is 1.83. The van der Waals surface area contributed by atoms with Gasteiger partial charge in [0.05, 0.1) is 5.56 Å². The molecular weight excluding hydrogens is 244 g/mol. The maximum atomic E-state index is 12.0. The summed E-state index contributed by atoms with van der Waals surface area (Å²) in [5.74, 6) is 1.25. The molecule has 0 bridgehead atoms. The van der Waals surface area contributed by atoms with E-state index in [0.29, 0.717) is 24.3 Å². The number of nitrogens with zero attached hydrogens (tertiary/aromatic N) is 4. The summed E-state index contributed by atoms with van der Waals surface area (Å²) in [4.78, 5) is 16.1. The minimum absolute atomic E-state index is 0.153. The lowest BCUT2D eigenvalue weighted by molar-refractivity contribution is 0.0954. The van der Waals surface area contributed by atoms with Crippen LogP contribution in [0.3, 0.4) is 0 Å². The van der Waals surface area contributed by atoms with E-state index in [-0.39, 0.29) is 5.91 Å². The molecule has 0 unspecified atom stereocenters. The van der Waals surface area contributed by atoms with E-state index in [2.05, 4.69) is 25.8 Å². The van der Waals surface area contributed by atoms with E-state index in [9.17, 15) is 4.79 Å². The Morgan fingerprint density at radius 3 is 3.00 bits per heavy atom. The highest BCUT2D eigenvalue weighted by molar-refractivity contribution is 5.98. The van der Waals surface area contributed by atoms with Gasteiger partial charge in [0.25, 0.3) is 5.91 Å². The van der Waals surface area contributed by atoms with Crippen LogP contribution < -0.4 is 10.6 Å². The first-order chi connectivity index (χ1) is 9.22. The van der Waals surface area contributed by atoms with Gasteiger partial charge in [-0.1, -0.05) is 0 Å². The van der Waals surface area contributed by atoms with Crippen molar-refractivity contribution >= 4 is 11.7 Å². The molecular formula is C12H16N6O. The van der Waals surface area contributed by atoms with Crippen molar-refractivity contribution in [3.63, 3.8) is 0 Å². The summed E-state index contributed by atoms with van der Waals surface area (Å²) in [5, 5.41) is 13.5. The molecule has 0 spiro atoms. The molecule has 100 valence electrons. The van der Waals surface area contributed by atoms with Crippen molar-refractivity contribution in [3.05, 3.63) is 36.0 Å². The van der Waals surface area contributed by atoms with Crippen LogP contribution in [-0.4, -0.2) is 39.2 Å². The molecule has 0 aromatic carbocycles. The maximum Gasteiger partial charge on any atom is 0.255 e. The molecule has 0 aliphatic rings. The third-order valence-electron chi connectivity index (χ3n) is 2.73. The summed E-state index contributed by atoms with van der Waals surface area (Å²) in [7, 11) is 3.61. The van der Waals surface area contributed by atoms with E-state index >= 15 is 0 Å². The number of nitrogens with one attached hydrogen (secondary N) is 2. The molecule has 0 radical (unpaired) electrons. The molecule has 19 heavy (non-hydrogen) atoms. The topological polar surface area (TPSA) is 84.7 Å². The van der Waals surface area contributed by atoms with Gasteiger partial charge in [0.1, 0.15) is 18.0 Å². The van der Waals surface area contributed by atoms with Crippen molar-refractivity contribution in [3.8, 4) is 0 Å². The van der Waals surface area contributed by atoms with Crippen LogP contribution in [0.1, 0.15) is 16.2 Å². The van der Waals surface area contributed by atoms with Crippen molar-refractivity contribution in [1.29, 1.82) is 0 Å². The summed E-state index contributed by atoms with van der Waals surface area (Å²) in [5.41, 5.74) is 0.531. The first-order valence-electron chi connectivity index (χ1n) is 5.96. The standard InChI is InChI=1S/C12H16N6O/c1-13-11-9(4-3-6-14-11)12(19)15-7-5-10-17-16-8-18(10)2/h3-4,6,8H,5,7H2,1-2H3,(H,13,14)(H,15,19). The van der Waals surface area contributed by atoms with E-state index in [1.807, 2.05) is 11.6 Å². The van der Waals surface area contributed by atoms with Crippen molar-refractivity contribution in [2.75, 3.05) is 18.9 Å². The summed E-state index contributed by atoms with van der Waals surface area (Å²) in [6, 6.07) is 3.47. The minimum Gasteiger partial charge on any atom is -0.372 e. The maximum absolute atomic E-state index is 12.0. The molecule has 0 aliphatic heterocycles. The van der Waals surface area contributed by atoms with Gasteiger partial charge >= 0.3 is 0 Å². The van der Waals surface area contributed by atoms with Crippen LogP contribution >= 0.6 is 0 Å². The first-order valence-corrected chi connectivity index (χ1v) is 5.96. The number of hydrogen-bond donors (Lipinski definition) is 2. The lowest BCUT2D eigenvalue weighted by Gasteiger charge is -2.08. The average Bonchev–Trinajstić information content (AvgIpc) is 2.84. The normalized spacial score (nSPS) is 10.2. The predicted octanol–water partition coefficient (Wildman–Crippen LogP) is 0.224. The lowest BCUT2D eigenvalue weighted by atomic mass is 10.2. The Kier molecular flexibility index (Phi) is 4.07. The number of anilines is 1. The lowest BCUT2D eigenvalue weighted by Crippen LogP contribution is -2.27. The molecule has 2 N–H and O–H groups in total. The predicted molar refractivity (Wildman–Crippen MR) is 70.8 cm³/mol. The van der Waals surface area contributed by atoms with Gasteiger partial charge in [-0.05, 0) is 12.1 Å². The molecule has 7 heteroatoms. The van der Waals surface area contributed by atoms with E-state index in [0.717, 1.165) is 5.82 Å². The Hall–Kier alpha value is -2.44. The zero-order valence-corrected chi connectivity index (χ0v) is 10.9. The smallest absolute Gasteiger partial charge is 0.255 e. The molecule has 0 atom stereocenters. The van der Waals surface area contributed by atoms with Gasteiger partial charge < -0.3 is 15.2 Å². The van der Waals surface area contributed by atoms with Gasteiger partial charge in [0.2, 0.25) is 0 Å². The number of pyridine rings is 1. The van der Waals surface area contributed by atoms with E-state index in [4.69, 9.17) is 0 Å². The molecule has 2 aromatic rings. The summed E-state index contributed by atoms with van der Waals surface area (Å²) in [6.45, 7) is 0.503. The summed E-state index contributed by atoms with van der Waals surface area (Å²) in [6.07, 6.45) is 3.91. The number of carbonyl (C=O) groups excluding carboxylic acids is 1. The highest BCUT2D eigenvalue weighted by atomic mass is 16.1. The highest BCUT2D eigenvalue weighted by Crippen LogP contribution is 2.09. The van der Waals surface area contributed by atoms with Gasteiger partial charge in [-0.15, -0.1) is 10.2 Å². The van der Waals surface area contributed by atoms with E-state index in [1.165, 1.54) is 0 Å². The van der Waals surface area contributed by atoms with E-state index < -0.39 is 0 Å². The van der Waals surface area contributed by atoms with Crippen LogP contribution in [0.4, 0.5) is 5.82 Å². The Bertz CT molecular complexity index is 565. The first kappa shape index (κ1) is 13.0. The largest absolute Gasteiger partial charge is 0.372 e. The number of amides is 1. The number of aryl methyl sites for hydroxylation is 1.